The van der Waals surface area contributed by atoms with Crippen molar-refractivity contribution >= 4 is 24.0 Å². The summed E-state index contributed by atoms with van der Waals surface area (Å²) in [7, 11) is 0. The molecule has 19 heavy (non-hydrogen) atoms. The largest absolute Gasteiger partial charge is 0.416 e. The van der Waals surface area contributed by atoms with Gasteiger partial charge in [-0.3, -0.25) is 0 Å². The summed E-state index contributed by atoms with van der Waals surface area (Å²) < 4.78 is 38.6. The minimum Gasteiger partial charge on any atom is -0.324 e. The standard InChI is InChI=1S/C13H17ClF3N.ClH/c1-8(2)6-7-11(18)12-9(13(15,16)17)4-3-5-10(12)14;/h3-5,8,11H,6-7,18H2,1-2H3;1H/t11-;/m0./s1. The molecule has 0 radical (unpaired) electrons. The number of alkyl halides is 3. The molecule has 0 amide bonds. The molecule has 1 atom stereocenters. The van der Waals surface area contributed by atoms with E-state index in [2.05, 4.69) is 0 Å². The molecule has 0 saturated heterocycles. The molecule has 0 fully saturated rings. The van der Waals surface area contributed by atoms with Crippen molar-refractivity contribution in [3.05, 3.63) is 34.3 Å². The van der Waals surface area contributed by atoms with Crippen LogP contribution in [-0.4, -0.2) is 0 Å². The van der Waals surface area contributed by atoms with Gasteiger partial charge in [0, 0.05) is 11.1 Å². The second-order valence-corrected chi connectivity index (χ2v) is 5.18. The van der Waals surface area contributed by atoms with Gasteiger partial charge >= 0.3 is 6.18 Å². The van der Waals surface area contributed by atoms with Gasteiger partial charge in [-0.25, -0.2) is 0 Å². The third-order valence-corrected chi connectivity index (χ3v) is 3.11. The summed E-state index contributed by atoms with van der Waals surface area (Å²) in [6, 6.07) is 3.08. The Morgan fingerprint density at radius 2 is 1.79 bits per heavy atom. The Kier molecular flexibility index (Phi) is 7.19. The average molecular weight is 316 g/mol. The third kappa shape index (κ3) is 5.21. The fraction of sp³-hybridized carbons (Fsp3) is 0.538. The summed E-state index contributed by atoms with van der Waals surface area (Å²) in [5, 5.41) is 0.0843. The maximum atomic E-state index is 12.9. The van der Waals surface area contributed by atoms with Crippen molar-refractivity contribution in [3.63, 3.8) is 0 Å². The molecule has 110 valence electrons. The van der Waals surface area contributed by atoms with Crippen LogP contribution in [0.4, 0.5) is 13.2 Å². The van der Waals surface area contributed by atoms with E-state index in [1.165, 1.54) is 12.1 Å². The highest BCUT2D eigenvalue weighted by molar-refractivity contribution is 6.31. The van der Waals surface area contributed by atoms with Gasteiger partial charge < -0.3 is 5.73 Å². The van der Waals surface area contributed by atoms with Crippen LogP contribution in [0, 0.1) is 5.92 Å². The van der Waals surface area contributed by atoms with Crippen LogP contribution < -0.4 is 5.73 Å². The zero-order valence-corrected chi connectivity index (χ0v) is 12.4. The van der Waals surface area contributed by atoms with Crippen molar-refractivity contribution in [1.29, 1.82) is 0 Å². The molecular weight excluding hydrogens is 298 g/mol. The van der Waals surface area contributed by atoms with E-state index in [1.807, 2.05) is 13.8 Å². The van der Waals surface area contributed by atoms with Gasteiger partial charge in [0.25, 0.3) is 0 Å². The van der Waals surface area contributed by atoms with Crippen LogP contribution in [0.25, 0.3) is 0 Å². The monoisotopic (exact) mass is 315 g/mol. The number of hydrogen-bond acceptors (Lipinski definition) is 1. The maximum Gasteiger partial charge on any atom is 0.416 e. The predicted molar refractivity (Wildman–Crippen MR) is 74.7 cm³/mol. The van der Waals surface area contributed by atoms with Crippen molar-refractivity contribution in [2.24, 2.45) is 11.7 Å². The van der Waals surface area contributed by atoms with Crippen molar-refractivity contribution in [1.82, 2.24) is 0 Å². The third-order valence-electron chi connectivity index (χ3n) is 2.78. The van der Waals surface area contributed by atoms with Crippen molar-refractivity contribution < 1.29 is 13.2 Å². The topological polar surface area (TPSA) is 26.0 Å². The minimum absolute atomic E-state index is 0. The van der Waals surface area contributed by atoms with Crippen molar-refractivity contribution in [2.45, 2.75) is 38.9 Å². The Labute approximate surface area is 122 Å². The molecule has 1 nitrogen and oxygen atoms in total. The van der Waals surface area contributed by atoms with E-state index in [0.29, 0.717) is 12.3 Å². The summed E-state index contributed by atoms with van der Waals surface area (Å²) in [5.74, 6) is 0.396. The molecule has 1 aromatic carbocycles. The average Bonchev–Trinajstić information content (AvgIpc) is 2.24. The molecule has 0 aliphatic heterocycles. The Morgan fingerprint density at radius 1 is 1.21 bits per heavy atom. The zero-order chi connectivity index (χ0) is 13.9. The van der Waals surface area contributed by atoms with Crippen LogP contribution in [0.2, 0.25) is 5.02 Å². The van der Waals surface area contributed by atoms with E-state index < -0.39 is 17.8 Å². The molecule has 6 heteroatoms. The van der Waals surface area contributed by atoms with E-state index >= 15 is 0 Å². The molecule has 2 N–H and O–H groups in total. The predicted octanol–water partition coefficient (Wildman–Crippen LogP) is 5.22. The first-order chi connectivity index (χ1) is 8.23. The fourth-order valence-electron chi connectivity index (χ4n) is 1.82. The Bertz CT molecular complexity index is 405. The SMILES string of the molecule is CC(C)CC[C@H](N)c1c(Cl)cccc1C(F)(F)F.Cl. The highest BCUT2D eigenvalue weighted by Gasteiger charge is 2.35. The normalized spacial score (nSPS) is 13.3. The first-order valence-corrected chi connectivity index (χ1v) is 6.22. The quantitative estimate of drug-likeness (QED) is 0.810. The molecule has 0 heterocycles. The smallest absolute Gasteiger partial charge is 0.324 e. The Morgan fingerprint density at radius 3 is 2.26 bits per heavy atom. The molecular formula is C13H18Cl2F3N. The van der Waals surface area contributed by atoms with Gasteiger partial charge in [0.1, 0.15) is 0 Å². The molecule has 1 rings (SSSR count). The number of benzene rings is 1. The van der Waals surface area contributed by atoms with Crippen LogP contribution in [0.3, 0.4) is 0 Å². The highest BCUT2D eigenvalue weighted by atomic mass is 35.5. The van der Waals surface area contributed by atoms with Crippen LogP contribution in [0.5, 0.6) is 0 Å². The van der Waals surface area contributed by atoms with Gasteiger partial charge in [-0.05, 0) is 36.5 Å². The van der Waals surface area contributed by atoms with Crippen LogP contribution in [0.15, 0.2) is 18.2 Å². The molecule has 1 aromatic rings. The molecule has 0 aliphatic rings. The maximum absolute atomic E-state index is 12.9. The zero-order valence-electron chi connectivity index (χ0n) is 10.8. The van der Waals surface area contributed by atoms with Crippen LogP contribution >= 0.6 is 24.0 Å². The lowest BCUT2D eigenvalue weighted by Gasteiger charge is -2.20. The first kappa shape index (κ1) is 18.6. The number of hydrogen-bond donors (Lipinski definition) is 1. The number of rotatable bonds is 4. The first-order valence-electron chi connectivity index (χ1n) is 5.84. The molecule has 0 spiro atoms. The second kappa shape index (κ2) is 7.36. The van der Waals surface area contributed by atoms with E-state index in [0.717, 1.165) is 12.5 Å². The van der Waals surface area contributed by atoms with Gasteiger partial charge in [0.15, 0.2) is 0 Å². The second-order valence-electron chi connectivity index (χ2n) is 4.78. The van der Waals surface area contributed by atoms with Gasteiger partial charge in [-0.15, -0.1) is 12.4 Å². The van der Waals surface area contributed by atoms with Crippen molar-refractivity contribution in [2.75, 3.05) is 0 Å². The lowest BCUT2D eigenvalue weighted by atomic mass is 9.94. The van der Waals surface area contributed by atoms with E-state index in [1.54, 1.807) is 0 Å². The van der Waals surface area contributed by atoms with Gasteiger partial charge in [-0.1, -0.05) is 31.5 Å². The molecule has 0 aromatic heterocycles. The van der Waals surface area contributed by atoms with Gasteiger partial charge in [-0.2, -0.15) is 13.2 Å². The molecule has 0 aliphatic carbocycles. The highest BCUT2D eigenvalue weighted by Crippen LogP contribution is 2.38. The number of nitrogens with two attached hydrogens (primary N) is 1. The fourth-order valence-corrected chi connectivity index (χ4v) is 2.13. The van der Waals surface area contributed by atoms with E-state index in [-0.39, 0.29) is 23.0 Å². The van der Waals surface area contributed by atoms with Gasteiger partial charge in [0.05, 0.1) is 5.56 Å². The van der Waals surface area contributed by atoms with Crippen LogP contribution in [-0.2, 0) is 6.18 Å². The molecule has 0 bridgehead atoms. The summed E-state index contributed by atoms with van der Waals surface area (Å²) in [6.07, 6.45) is -3.16. The molecule has 0 saturated carbocycles. The summed E-state index contributed by atoms with van der Waals surface area (Å²) in [5.41, 5.74) is 5.13. The summed E-state index contributed by atoms with van der Waals surface area (Å²) in [4.78, 5) is 0. The Hall–Kier alpha value is -0.450. The lowest BCUT2D eigenvalue weighted by Crippen LogP contribution is -2.18. The van der Waals surface area contributed by atoms with E-state index in [9.17, 15) is 13.2 Å². The van der Waals surface area contributed by atoms with E-state index in [4.69, 9.17) is 17.3 Å². The van der Waals surface area contributed by atoms with Crippen LogP contribution in [0.1, 0.15) is 43.9 Å². The van der Waals surface area contributed by atoms with Crippen molar-refractivity contribution in [3.8, 4) is 0 Å². The summed E-state index contributed by atoms with van der Waals surface area (Å²) >= 11 is 5.87. The Balaban J connectivity index is 0.00000324. The minimum atomic E-state index is -4.42. The molecule has 0 unspecified atom stereocenters. The van der Waals surface area contributed by atoms with Gasteiger partial charge in [0.2, 0.25) is 0 Å². The number of halogens is 5. The lowest BCUT2D eigenvalue weighted by molar-refractivity contribution is -0.138. The summed E-state index contributed by atoms with van der Waals surface area (Å²) in [6.45, 7) is 4.01.